The molecule has 0 bridgehead atoms. The average Bonchev–Trinajstić information content (AvgIpc) is 3.17. The molecule has 0 fully saturated rings. The van der Waals surface area contributed by atoms with Gasteiger partial charge in [0.1, 0.15) is 0 Å². The van der Waals surface area contributed by atoms with Gasteiger partial charge in [-0.25, -0.2) is 4.79 Å². The summed E-state index contributed by atoms with van der Waals surface area (Å²) >= 11 is 0. The van der Waals surface area contributed by atoms with Crippen LogP contribution in [0.4, 0.5) is 0 Å². The van der Waals surface area contributed by atoms with Crippen molar-refractivity contribution in [1.82, 2.24) is 9.55 Å². The van der Waals surface area contributed by atoms with Gasteiger partial charge in [0.15, 0.2) is 0 Å². The van der Waals surface area contributed by atoms with E-state index >= 15 is 0 Å². The van der Waals surface area contributed by atoms with Crippen LogP contribution in [0, 0.1) is 65.9 Å². The molecular weight excluding hydrogens is 517 g/mol. The molecule has 0 unspecified atom stereocenters. The van der Waals surface area contributed by atoms with Crippen LogP contribution < -0.4 is 0 Å². The van der Waals surface area contributed by atoms with Gasteiger partial charge in [-0.15, -0.1) is 0 Å². The number of hydrogen-bond donors (Lipinski definition) is 0. The second-order valence-electron chi connectivity index (χ2n) is 6.80. The number of methoxy groups -OCH3 is 1. The van der Waals surface area contributed by atoms with Crippen molar-refractivity contribution in [3.63, 3.8) is 0 Å². The Morgan fingerprint density at radius 3 is 2.55 bits per heavy atom. The van der Waals surface area contributed by atoms with E-state index in [9.17, 15) is 10.1 Å². The molecule has 1 radical (unpaired) electrons. The van der Waals surface area contributed by atoms with Crippen LogP contribution >= 0.6 is 0 Å². The Labute approximate surface area is 214 Å². The predicted molar refractivity (Wildman–Crippen MR) is 116 cm³/mol. The zero-order valence-corrected chi connectivity index (χ0v) is 21.0. The van der Waals surface area contributed by atoms with Crippen molar-refractivity contribution < 1.29 is 50.8 Å². The Hall–Kier alpha value is -2.59. The van der Waals surface area contributed by atoms with Crippen molar-refractivity contribution in [2.75, 3.05) is 7.11 Å². The minimum atomic E-state index is -0.372. The van der Waals surface area contributed by atoms with Crippen LogP contribution in [0.25, 0.3) is 28.3 Å². The molecule has 153 valence electrons. The van der Waals surface area contributed by atoms with Crippen molar-refractivity contribution in [3.05, 3.63) is 95.4 Å². The van der Waals surface area contributed by atoms with Crippen molar-refractivity contribution in [3.8, 4) is 17.2 Å². The summed E-state index contributed by atoms with van der Waals surface area (Å²) in [5.74, 6) is -0.372. The molecule has 4 rings (SSSR count). The molecule has 0 saturated carbocycles. The van der Waals surface area contributed by atoms with Gasteiger partial charge in [-0.3, -0.25) is 0 Å². The molecule has 1 aromatic heterocycles. The molecule has 6 nitrogen and oxygen atoms in total. The van der Waals surface area contributed by atoms with Gasteiger partial charge in [-0.05, 0) is 22.8 Å². The minimum Gasteiger partial charge on any atom is -0.693 e. The normalized spacial score (nSPS) is 9.97. The van der Waals surface area contributed by atoms with E-state index in [1.807, 2.05) is 60.0 Å². The van der Waals surface area contributed by atoms with Gasteiger partial charge in [0.2, 0.25) is 0 Å². The van der Waals surface area contributed by atoms with Crippen LogP contribution in [-0.2, 0) is 11.3 Å². The third-order valence-electron chi connectivity index (χ3n) is 4.93. The van der Waals surface area contributed by atoms with Gasteiger partial charge in [-0.2, -0.15) is 5.26 Å². The monoisotopic (exact) mass is 537 g/mol. The molecule has 0 aliphatic rings. The predicted octanol–water partition coefficient (Wildman–Crippen LogP) is 5.24. The quantitative estimate of drug-likeness (QED) is 0.263. The number of aromatic nitrogens is 2. The number of ether oxygens (including phenoxy) is 1. The Balaban J connectivity index is 0.00000171. The van der Waals surface area contributed by atoms with Crippen molar-refractivity contribution in [2.45, 2.75) is 13.5 Å². The van der Waals surface area contributed by atoms with E-state index in [0.29, 0.717) is 17.7 Å². The smallest absolute Gasteiger partial charge is 0.336 e. The largest absolute Gasteiger partial charge is 0.693 e. The standard InChI is InChI=1S/C24H18N3O2.H2N.Pr/c1-16-11-20(24(28)29-2)12-22-23(16)26-15-27(22)14-17-7-9-18(10-8-17)21-6-4-3-5-19(21)13-25;;/h3-12H,14H2,1-2H3;1H2;/q2*-1;. The number of esters is 1. The second-order valence-corrected chi connectivity index (χ2v) is 6.80. The molecule has 31 heavy (non-hydrogen) atoms. The zero-order chi connectivity index (χ0) is 20.4. The zero-order valence-electron chi connectivity index (χ0n) is 17.3. The number of hydrogen-bond acceptors (Lipinski definition) is 4. The molecule has 1 heterocycles. The summed E-state index contributed by atoms with van der Waals surface area (Å²) in [5.41, 5.74) is 6.69. The van der Waals surface area contributed by atoms with E-state index in [0.717, 1.165) is 33.3 Å². The van der Waals surface area contributed by atoms with Crippen LogP contribution in [-0.4, -0.2) is 22.6 Å². The first-order chi connectivity index (χ1) is 14.1. The maximum Gasteiger partial charge on any atom is 0.336 e. The fourth-order valence-electron chi connectivity index (χ4n) is 3.44. The van der Waals surface area contributed by atoms with E-state index in [4.69, 9.17) is 4.74 Å². The molecular formula is C24H20N4O2Pr-2. The molecule has 4 aromatic rings. The topological polar surface area (TPSA) is 101 Å². The molecule has 0 aliphatic carbocycles. The van der Waals surface area contributed by atoms with E-state index in [-0.39, 0.29) is 53.4 Å². The third kappa shape index (κ3) is 5.02. The summed E-state index contributed by atoms with van der Waals surface area (Å²) in [6, 6.07) is 21.4. The number of carbonyl (C=O) groups excluding carboxylic acids is 1. The third-order valence-corrected chi connectivity index (χ3v) is 4.93. The summed E-state index contributed by atoms with van der Waals surface area (Å²) in [6.45, 7) is 2.49. The van der Waals surface area contributed by atoms with E-state index < -0.39 is 0 Å². The summed E-state index contributed by atoms with van der Waals surface area (Å²) in [7, 11) is 1.37. The summed E-state index contributed by atoms with van der Waals surface area (Å²) in [5, 5.41) is 9.31. The van der Waals surface area contributed by atoms with Crippen molar-refractivity contribution in [1.29, 1.82) is 5.26 Å². The molecule has 0 spiro atoms. The molecule has 0 aliphatic heterocycles. The average molecular weight is 537 g/mol. The van der Waals surface area contributed by atoms with Crippen LogP contribution in [0.3, 0.4) is 0 Å². The van der Waals surface area contributed by atoms with Crippen LogP contribution in [0.15, 0.2) is 60.7 Å². The Kier molecular flexibility index (Phi) is 8.46. The van der Waals surface area contributed by atoms with Crippen LogP contribution in [0.1, 0.15) is 27.0 Å². The first-order valence-corrected chi connectivity index (χ1v) is 9.16. The van der Waals surface area contributed by atoms with E-state index in [1.165, 1.54) is 7.11 Å². The number of aryl methyl sites for hydroxylation is 1. The van der Waals surface area contributed by atoms with Crippen LogP contribution in [0.5, 0.6) is 0 Å². The molecule has 0 atom stereocenters. The van der Waals surface area contributed by atoms with Gasteiger partial charge < -0.3 is 20.4 Å². The number of nitriles is 1. The summed E-state index contributed by atoms with van der Waals surface area (Å²) in [6.07, 6.45) is 3.02. The molecule has 2 N–H and O–H groups in total. The van der Waals surface area contributed by atoms with Gasteiger partial charge in [0.25, 0.3) is 0 Å². The summed E-state index contributed by atoms with van der Waals surface area (Å²) < 4.78 is 6.74. The maximum atomic E-state index is 11.9. The molecule has 0 amide bonds. The van der Waals surface area contributed by atoms with E-state index in [1.54, 1.807) is 12.1 Å². The Morgan fingerprint density at radius 2 is 1.87 bits per heavy atom. The van der Waals surface area contributed by atoms with E-state index in [2.05, 4.69) is 17.4 Å². The number of carbonyl (C=O) groups is 1. The molecule has 3 aromatic carbocycles. The Bertz CT molecular complexity index is 1260. The number of rotatable bonds is 4. The first kappa shape index (κ1) is 24.7. The number of nitrogens with zero attached hydrogens (tertiary/aromatic N) is 3. The van der Waals surface area contributed by atoms with Gasteiger partial charge in [0, 0.05) is 59.7 Å². The van der Waals surface area contributed by atoms with Gasteiger partial charge >= 0.3 is 5.97 Å². The maximum absolute atomic E-state index is 11.9. The molecule has 7 heteroatoms. The minimum absolute atomic E-state index is 0. The Morgan fingerprint density at radius 1 is 1.16 bits per heavy atom. The fraction of sp³-hybridized carbons (Fsp3) is 0.125. The van der Waals surface area contributed by atoms with Crippen LogP contribution in [0.2, 0.25) is 0 Å². The number of imidazole rings is 1. The van der Waals surface area contributed by atoms with Gasteiger partial charge in [0.05, 0.1) is 18.7 Å². The SMILES string of the molecule is COC(=O)c1cc(C)c2n[c-]n(Cc3ccc(-c4ccccc4C#N)cc3)c2c1.[NH2-].[Pr]. The summed E-state index contributed by atoms with van der Waals surface area (Å²) in [4.78, 5) is 16.3. The second kappa shape index (κ2) is 10.6. The van der Waals surface area contributed by atoms with Crippen molar-refractivity contribution >= 4 is 17.0 Å². The molecule has 0 saturated heterocycles. The van der Waals surface area contributed by atoms with Gasteiger partial charge in [-0.1, -0.05) is 78.1 Å². The number of benzene rings is 3. The van der Waals surface area contributed by atoms with Crippen molar-refractivity contribution in [2.24, 2.45) is 0 Å². The number of fused-ring (bicyclic) bond motifs is 1. The number of nitrogens with two attached hydrogens (primary N) is 1. The first-order valence-electron chi connectivity index (χ1n) is 9.16. The fourth-order valence-corrected chi connectivity index (χ4v) is 3.44.